The van der Waals surface area contributed by atoms with Crippen LogP contribution in [0.3, 0.4) is 0 Å². The quantitative estimate of drug-likeness (QED) is 0.820. The van der Waals surface area contributed by atoms with Crippen LogP contribution < -0.4 is 15.8 Å². The van der Waals surface area contributed by atoms with Gasteiger partial charge in [0.2, 0.25) is 5.91 Å². The first-order chi connectivity index (χ1) is 10.0. The molecule has 0 radical (unpaired) electrons. The highest BCUT2D eigenvalue weighted by Crippen LogP contribution is 2.36. The first-order valence-electron chi connectivity index (χ1n) is 7.92. The number of hydrogen-bond acceptors (Lipinski definition) is 3. The molecule has 1 aliphatic carbocycles. The van der Waals surface area contributed by atoms with Crippen molar-refractivity contribution in [1.82, 2.24) is 0 Å². The van der Waals surface area contributed by atoms with Gasteiger partial charge in [0.05, 0.1) is 11.8 Å². The maximum Gasteiger partial charge on any atom is 0.224 e. The number of rotatable bonds is 2. The van der Waals surface area contributed by atoms with E-state index in [4.69, 9.17) is 10.5 Å². The zero-order valence-electron chi connectivity index (χ0n) is 12.8. The minimum absolute atomic E-state index is 0.0679. The zero-order valence-corrected chi connectivity index (χ0v) is 12.8. The van der Waals surface area contributed by atoms with Crippen molar-refractivity contribution in [2.45, 2.75) is 52.1 Å². The lowest BCUT2D eigenvalue weighted by Gasteiger charge is -2.32. The second kappa shape index (κ2) is 5.58. The van der Waals surface area contributed by atoms with Gasteiger partial charge >= 0.3 is 0 Å². The molecular formula is C17H24N2O2. The van der Waals surface area contributed by atoms with E-state index in [0.29, 0.717) is 23.8 Å². The SMILES string of the molecule is CC1CCC(Oc2cc3c(cc2N)CCC(=O)N3)CC1C. The minimum Gasteiger partial charge on any atom is -0.488 e. The molecule has 1 aromatic carbocycles. The lowest BCUT2D eigenvalue weighted by molar-refractivity contribution is -0.116. The van der Waals surface area contributed by atoms with Gasteiger partial charge in [0.25, 0.3) is 0 Å². The molecule has 0 spiro atoms. The Labute approximate surface area is 126 Å². The Hall–Kier alpha value is -1.71. The van der Waals surface area contributed by atoms with Crippen molar-refractivity contribution in [3.63, 3.8) is 0 Å². The van der Waals surface area contributed by atoms with Crippen molar-refractivity contribution in [3.8, 4) is 5.75 Å². The van der Waals surface area contributed by atoms with Crippen molar-refractivity contribution in [2.24, 2.45) is 11.8 Å². The molecule has 1 fully saturated rings. The molecule has 3 N–H and O–H groups in total. The van der Waals surface area contributed by atoms with Gasteiger partial charge in [0, 0.05) is 18.2 Å². The molecule has 114 valence electrons. The topological polar surface area (TPSA) is 64.3 Å². The van der Waals surface area contributed by atoms with Gasteiger partial charge in [-0.15, -0.1) is 0 Å². The third-order valence-electron chi connectivity index (χ3n) is 4.97. The predicted molar refractivity (Wildman–Crippen MR) is 84.4 cm³/mol. The van der Waals surface area contributed by atoms with Crippen LogP contribution in [-0.4, -0.2) is 12.0 Å². The summed E-state index contributed by atoms with van der Waals surface area (Å²) in [5.41, 5.74) is 8.75. The van der Waals surface area contributed by atoms with E-state index in [1.807, 2.05) is 12.1 Å². The number of carbonyl (C=O) groups excluding carboxylic acids is 1. The summed E-state index contributed by atoms with van der Waals surface area (Å²) in [6.45, 7) is 4.60. The zero-order chi connectivity index (χ0) is 15.0. The summed E-state index contributed by atoms with van der Waals surface area (Å²) in [4.78, 5) is 11.5. The smallest absolute Gasteiger partial charge is 0.224 e. The summed E-state index contributed by atoms with van der Waals surface area (Å²) in [5.74, 6) is 2.23. The summed E-state index contributed by atoms with van der Waals surface area (Å²) in [5, 5.41) is 2.91. The van der Waals surface area contributed by atoms with Crippen LogP contribution in [0.4, 0.5) is 11.4 Å². The first kappa shape index (κ1) is 14.2. The summed E-state index contributed by atoms with van der Waals surface area (Å²) >= 11 is 0. The van der Waals surface area contributed by atoms with Crippen LogP contribution in [0, 0.1) is 11.8 Å². The summed E-state index contributed by atoms with van der Waals surface area (Å²) < 4.78 is 6.13. The van der Waals surface area contributed by atoms with Gasteiger partial charge in [0.1, 0.15) is 5.75 Å². The number of nitrogens with two attached hydrogens (primary N) is 1. The van der Waals surface area contributed by atoms with Crippen molar-refractivity contribution >= 4 is 17.3 Å². The van der Waals surface area contributed by atoms with Gasteiger partial charge in [-0.2, -0.15) is 0 Å². The van der Waals surface area contributed by atoms with Gasteiger partial charge in [-0.05, 0) is 49.1 Å². The highest BCUT2D eigenvalue weighted by molar-refractivity contribution is 5.94. The largest absolute Gasteiger partial charge is 0.488 e. The molecule has 0 saturated heterocycles. The molecule has 3 rings (SSSR count). The molecule has 1 amide bonds. The Morgan fingerprint density at radius 2 is 2.00 bits per heavy atom. The monoisotopic (exact) mass is 288 g/mol. The van der Waals surface area contributed by atoms with E-state index in [0.717, 1.165) is 36.4 Å². The molecule has 0 bridgehead atoms. The lowest BCUT2D eigenvalue weighted by Crippen LogP contribution is -2.29. The summed E-state index contributed by atoms with van der Waals surface area (Å²) in [7, 11) is 0. The van der Waals surface area contributed by atoms with Gasteiger partial charge < -0.3 is 15.8 Å². The number of amides is 1. The second-order valence-corrected chi connectivity index (χ2v) is 6.60. The number of benzene rings is 1. The average molecular weight is 288 g/mol. The molecule has 4 nitrogen and oxygen atoms in total. The number of aryl methyl sites for hydroxylation is 1. The summed E-state index contributed by atoms with van der Waals surface area (Å²) in [6, 6.07) is 3.84. The van der Waals surface area contributed by atoms with Crippen molar-refractivity contribution in [1.29, 1.82) is 0 Å². The maximum atomic E-state index is 11.5. The van der Waals surface area contributed by atoms with E-state index >= 15 is 0 Å². The lowest BCUT2D eigenvalue weighted by atomic mass is 9.80. The Balaban J connectivity index is 1.76. The minimum atomic E-state index is 0.0679. The molecule has 1 saturated carbocycles. The van der Waals surface area contributed by atoms with E-state index in [-0.39, 0.29) is 12.0 Å². The van der Waals surface area contributed by atoms with Crippen molar-refractivity contribution < 1.29 is 9.53 Å². The summed E-state index contributed by atoms with van der Waals surface area (Å²) in [6.07, 6.45) is 4.87. The molecule has 1 aliphatic heterocycles. The van der Waals surface area contributed by atoms with Crippen LogP contribution in [0.5, 0.6) is 5.75 Å². The van der Waals surface area contributed by atoms with Gasteiger partial charge in [-0.3, -0.25) is 4.79 Å². The van der Waals surface area contributed by atoms with Gasteiger partial charge in [-0.1, -0.05) is 13.8 Å². The molecule has 3 unspecified atom stereocenters. The molecule has 0 aromatic heterocycles. The fourth-order valence-electron chi connectivity index (χ4n) is 3.31. The third kappa shape index (κ3) is 2.99. The molecule has 2 aliphatic rings. The van der Waals surface area contributed by atoms with Crippen LogP contribution in [0.15, 0.2) is 12.1 Å². The van der Waals surface area contributed by atoms with Crippen LogP contribution in [0.1, 0.15) is 45.1 Å². The Bertz CT molecular complexity index is 556. The van der Waals surface area contributed by atoms with E-state index < -0.39 is 0 Å². The number of nitrogens with one attached hydrogen (secondary N) is 1. The highest BCUT2D eigenvalue weighted by Gasteiger charge is 2.26. The fraction of sp³-hybridized carbons (Fsp3) is 0.588. The maximum absolute atomic E-state index is 11.5. The molecular weight excluding hydrogens is 264 g/mol. The first-order valence-corrected chi connectivity index (χ1v) is 7.92. The van der Waals surface area contributed by atoms with Crippen molar-refractivity contribution in [3.05, 3.63) is 17.7 Å². The van der Waals surface area contributed by atoms with Crippen LogP contribution >= 0.6 is 0 Å². The molecule has 1 aromatic rings. The van der Waals surface area contributed by atoms with E-state index in [1.165, 1.54) is 6.42 Å². The third-order valence-corrected chi connectivity index (χ3v) is 4.97. The number of carbonyl (C=O) groups is 1. The van der Waals surface area contributed by atoms with E-state index in [9.17, 15) is 4.79 Å². The number of ether oxygens (including phenoxy) is 1. The standard InChI is InChI=1S/C17H24N2O2/c1-10-3-5-13(7-11(10)2)21-16-9-15-12(8-14(16)18)4-6-17(20)19-15/h8-11,13H,3-7,18H2,1-2H3,(H,19,20). The van der Waals surface area contributed by atoms with Crippen LogP contribution in [-0.2, 0) is 11.2 Å². The number of nitrogen functional groups attached to an aromatic ring is 1. The molecule has 4 heteroatoms. The predicted octanol–water partition coefficient (Wildman–Crippen LogP) is 3.36. The van der Waals surface area contributed by atoms with Gasteiger partial charge in [0.15, 0.2) is 0 Å². The normalized spacial score (nSPS) is 28.7. The number of anilines is 2. The molecule has 1 heterocycles. The Kier molecular flexibility index (Phi) is 3.79. The fourth-order valence-corrected chi connectivity index (χ4v) is 3.31. The molecule has 3 atom stereocenters. The number of fused-ring (bicyclic) bond motifs is 1. The second-order valence-electron chi connectivity index (χ2n) is 6.60. The van der Waals surface area contributed by atoms with E-state index in [2.05, 4.69) is 19.2 Å². The van der Waals surface area contributed by atoms with Gasteiger partial charge in [-0.25, -0.2) is 0 Å². The Morgan fingerprint density at radius 1 is 1.19 bits per heavy atom. The number of hydrogen-bond donors (Lipinski definition) is 2. The highest BCUT2D eigenvalue weighted by atomic mass is 16.5. The van der Waals surface area contributed by atoms with Crippen LogP contribution in [0.25, 0.3) is 0 Å². The Morgan fingerprint density at radius 3 is 2.76 bits per heavy atom. The van der Waals surface area contributed by atoms with Crippen molar-refractivity contribution in [2.75, 3.05) is 11.1 Å². The molecule has 21 heavy (non-hydrogen) atoms. The van der Waals surface area contributed by atoms with E-state index in [1.54, 1.807) is 0 Å². The van der Waals surface area contributed by atoms with Crippen LogP contribution in [0.2, 0.25) is 0 Å². The average Bonchev–Trinajstić information content (AvgIpc) is 2.44.